The maximum absolute atomic E-state index is 13.9. The number of amides is 3. The van der Waals surface area contributed by atoms with Crippen molar-refractivity contribution in [2.45, 2.75) is 44.0 Å². The van der Waals surface area contributed by atoms with Gasteiger partial charge in [0, 0.05) is 37.5 Å². The second kappa shape index (κ2) is 11.3. The number of aromatic nitrogens is 1. The minimum absolute atomic E-state index is 0.0328. The highest BCUT2D eigenvalue weighted by molar-refractivity contribution is 5.94. The lowest BCUT2D eigenvalue weighted by atomic mass is 9.87. The Balaban J connectivity index is 1.56. The Bertz CT molecular complexity index is 1180. The van der Waals surface area contributed by atoms with Crippen LogP contribution in [0.5, 0.6) is 0 Å². The van der Waals surface area contributed by atoms with Gasteiger partial charge in [0.2, 0.25) is 11.8 Å². The summed E-state index contributed by atoms with van der Waals surface area (Å²) >= 11 is 0. The summed E-state index contributed by atoms with van der Waals surface area (Å²) in [6, 6.07) is 14.2. The van der Waals surface area contributed by atoms with Crippen LogP contribution >= 0.6 is 0 Å². The third-order valence-corrected chi connectivity index (χ3v) is 6.86. The number of benzene rings is 1. The largest absolute Gasteiger partial charge is 0.498 e. The van der Waals surface area contributed by atoms with E-state index in [4.69, 9.17) is 15.2 Å². The number of hydrogen-bond acceptors (Lipinski definition) is 7. The van der Waals surface area contributed by atoms with Gasteiger partial charge in [0.25, 0.3) is 5.91 Å². The molecule has 2 aromatic rings. The molecule has 1 saturated heterocycles. The van der Waals surface area contributed by atoms with Gasteiger partial charge in [0.05, 0.1) is 32.4 Å². The number of methoxy groups -OCH3 is 1. The Labute approximate surface area is 222 Å². The molecule has 3 N–H and O–H groups in total. The second-order valence-corrected chi connectivity index (χ2v) is 10.2. The van der Waals surface area contributed by atoms with Crippen LogP contribution in [0.25, 0.3) is 0 Å². The van der Waals surface area contributed by atoms with Crippen LogP contribution in [-0.2, 0) is 36.9 Å². The smallest absolute Gasteiger partial charge is 0.251 e. The number of carbonyl (C=O) groups is 3. The molecular weight excluding hydrogens is 486 g/mol. The Morgan fingerprint density at radius 2 is 1.89 bits per heavy atom. The van der Waals surface area contributed by atoms with Gasteiger partial charge >= 0.3 is 0 Å². The van der Waals surface area contributed by atoms with Gasteiger partial charge in [0.1, 0.15) is 17.3 Å². The summed E-state index contributed by atoms with van der Waals surface area (Å²) < 4.78 is 11.5. The third-order valence-electron chi connectivity index (χ3n) is 6.86. The molecule has 0 spiro atoms. The Morgan fingerprint density at radius 3 is 2.55 bits per heavy atom. The van der Waals surface area contributed by atoms with Crippen molar-refractivity contribution in [3.8, 4) is 0 Å². The fourth-order valence-corrected chi connectivity index (χ4v) is 4.86. The highest BCUT2D eigenvalue weighted by Gasteiger charge is 2.53. The number of rotatable bonds is 10. The molecule has 1 fully saturated rings. The molecule has 1 aromatic heterocycles. The normalized spacial score (nSPS) is 20.0. The lowest BCUT2D eigenvalue weighted by molar-refractivity contribution is -0.147. The number of carbonyl (C=O) groups excluding carboxylic acids is 3. The summed E-state index contributed by atoms with van der Waals surface area (Å²) in [6.07, 6.45) is 3.55. The van der Waals surface area contributed by atoms with Gasteiger partial charge in [-0.2, -0.15) is 0 Å². The minimum atomic E-state index is -1.18. The summed E-state index contributed by atoms with van der Waals surface area (Å²) in [7, 11) is 1.52. The van der Waals surface area contributed by atoms with Crippen molar-refractivity contribution in [3.63, 3.8) is 0 Å². The fourth-order valence-electron chi connectivity index (χ4n) is 4.86. The fraction of sp³-hybridized carbons (Fsp3) is 0.429. The summed E-state index contributed by atoms with van der Waals surface area (Å²) in [5.74, 6) is -0.458. The van der Waals surface area contributed by atoms with Gasteiger partial charge in [0.15, 0.2) is 0 Å². The highest BCUT2D eigenvalue weighted by atomic mass is 16.5. The Morgan fingerprint density at radius 1 is 1.16 bits per heavy atom. The van der Waals surface area contributed by atoms with Crippen molar-refractivity contribution < 1.29 is 23.9 Å². The molecule has 0 radical (unpaired) electrons. The van der Waals surface area contributed by atoms with Crippen molar-refractivity contribution in [1.29, 1.82) is 0 Å². The van der Waals surface area contributed by atoms with Crippen LogP contribution < -0.4 is 11.1 Å². The van der Waals surface area contributed by atoms with E-state index in [1.165, 1.54) is 13.2 Å². The Kier molecular flexibility index (Phi) is 8.13. The molecule has 1 aromatic carbocycles. The van der Waals surface area contributed by atoms with E-state index in [0.717, 1.165) is 11.3 Å². The number of ether oxygens (including phenoxy) is 2. The van der Waals surface area contributed by atoms with Crippen LogP contribution in [0.15, 0.2) is 66.6 Å². The van der Waals surface area contributed by atoms with Crippen LogP contribution in [-0.4, -0.2) is 83.0 Å². The van der Waals surface area contributed by atoms with E-state index in [2.05, 4.69) is 10.3 Å². The molecular formula is C28H35N5O5. The molecule has 2 aliphatic heterocycles. The predicted octanol–water partition coefficient (Wildman–Crippen LogP) is 1.02. The number of nitrogens with one attached hydrogen (secondary N) is 1. The average Bonchev–Trinajstić information content (AvgIpc) is 3.18. The molecule has 3 amide bonds. The van der Waals surface area contributed by atoms with E-state index in [1.54, 1.807) is 29.8 Å². The number of fused-ring (bicyclic) bond motifs is 1. The summed E-state index contributed by atoms with van der Waals surface area (Å²) in [5, 5.41) is 2.78. The maximum atomic E-state index is 13.9. The van der Waals surface area contributed by atoms with E-state index < -0.39 is 23.0 Å². The third kappa shape index (κ3) is 5.87. The van der Waals surface area contributed by atoms with Crippen LogP contribution in [0, 0.1) is 0 Å². The van der Waals surface area contributed by atoms with E-state index >= 15 is 0 Å². The van der Waals surface area contributed by atoms with Gasteiger partial charge in [-0.25, -0.2) is 0 Å². The lowest BCUT2D eigenvalue weighted by Gasteiger charge is -2.48. The molecule has 2 atom stereocenters. The first-order valence-electron chi connectivity index (χ1n) is 12.6. The monoisotopic (exact) mass is 521 g/mol. The summed E-state index contributed by atoms with van der Waals surface area (Å²) in [5.41, 5.74) is 5.64. The molecule has 10 nitrogen and oxygen atoms in total. The maximum Gasteiger partial charge on any atom is 0.251 e. The lowest BCUT2D eigenvalue weighted by Crippen LogP contribution is -2.66. The van der Waals surface area contributed by atoms with E-state index in [1.807, 2.05) is 48.5 Å². The Hall–Kier alpha value is -3.76. The van der Waals surface area contributed by atoms with Crippen LogP contribution in [0.4, 0.5) is 0 Å². The van der Waals surface area contributed by atoms with Gasteiger partial charge < -0.3 is 30.3 Å². The topological polar surface area (TPSA) is 127 Å². The van der Waals surface area contributed by atoms with Crippen molar-refractivity contribution in [2.75, 3.05) is 33.4 Å². The number of nitrogens with zero attached hydrogens (tertiary/aromatic N) is 3. The van der Waals surface area contributed by atoms with Crippen LogP contribution in [0.3, 0.4) is 0 Å². The van der Waals surface area contributed by atoms with Gasteiger partial charge in [-0.3, -0.25) is 19.4 Å². The molecule has 202 valence electrons. The quantitative estimate of drug-likeness (QED) is 0.478. The summed E-state index contributed by atoms with van der Waals surface area (Å²) in [6.45, 7) is 4.21. The van der Waals surface area contributed by atoms with Crippen LogP contribution in [0.1, 0.15) is 25.1 Å². The number of piperazine rings is 1. The van der Waals surface area contributed by atoms with Crippen LogP contribution in [0.2, 0.25) is 0 Å². The minimum Gasteiger partial charge on any atom is -0.498 e. The molecule has 2 aliphatic rings. The zero-order chi connectivity index (χ0) is 27.3. The van der Waals surface area contributed by atoms with E-state index in [0.29, 0.717) is 25.3 Å². The van der Waals surface area contributed by atoms with Gasteiger partial charge in [-0.15, -0.1) is 0 Å². The number of hydrogen-bond donors (Lipinski definition) is 2. The van der Waals surface area contributed by atoms with Crippen molar-refractivity contribution in [1.82, 2.24) is 20.1 Å². The first-order chi connectivity index (χ1) is 18.1. The SMILES string of the molecule is COC1=CC(=O)N2CCN(C(=O)[C@@H](COCc3ccccc3)NC(=O)C(C)(C)N)C[C@]12Cc1ccccn1. The van der Waals surface area contributed by atoms with Crippen molar-refractivity contribution >= 4 is 17.7 Å². The zero-order valence-electron chi connectivity index (χ0n) is 22.1. The zero-order valence-corrected chi connectivity index (χ0v) is 22.1. The van der Waals surface area contributed by atoms with Crippen molar-refractivity contribution in [2.24, 2.45) is 5.73 Å². The molecule has 3 heterocycles. The van der Waals surface area contributed by atoms with E-state index in [-0.39, 0.29) is 31.6 Å². The first-order valence-corrected chi connectivity index (χ1v) is 12.6. The first kappa shape index (κ1) is 27.3. The van der Waals surface area contributed by atoms with E-state index in [9.17, 15) is 14.4 Å². The molecule has 0 unspecified atom stereocenters. The number of nitrogens with two attached hydrogens (primary N) is 1. The second-order valence-electron chi connectivity index (χ2n) is 10.2. The molecule has 10 heteroatoms. The van der Waals surface area contributed by atoms with Gasteiger partial charge in [-0.05, 0) is 31.5 Å². The molecule has 4 rings (SSSR count). The molecule has 0 aliphatic carbocycles. The predicted molar refractivity (Wildman–Crippen MR) is 140 cm³/mol. The molecule has 0 bridgehead atoms. The molecule has 38 heavy (non-hydrogen) atoms. The van der Waals surface area contributed by atoms with Crippen molar-refractivity contribution in [3.05, 3.63) is 77.8 Å². The molecule has 0 saturated carbocycles. The summed E-state index contributed by atoms with van der Waals surface area (Å²) in [4.78, 5) is 47.4. The highest BCUT2D eigenvalue weighted by Crippen LogP contribution is 2.38. The average molecular weight is 522 g/mol. The standard InChI is InChI=1S/C28H35N5O5/c1-27(2,29)26(36)31-22(18-38-17-20-9-5-4-6-10-20)25(35)32-13-14-33-24(34)15-23(37-3)28(33,19-32)16-21-11-7-8-12-30-21/h4-12,15,22H,13-14,16-19,29H2,1-3H3,(H,31,36)/t22-,28-/m1/s1. The number of pyridine rings is 1. The van der Waals surface area contributed by atoms with Gasteiger partial charge in [-0.1, -0.05) is 36.4 Å².